The first kappa shape index (κ1) is 21.6. The van der Waals surface area contributed by atoms with Crippen LogP contribution in [0.15, 0.2) is 18.3 Å². The quantitative estimate of drug-likeness (QED) is 0.530. The summed E-state index contributed by atoms with van der Waals surface area (Å²) in [5.41, 5.74) is 7.67. The molecule has 9 heteroatoms. The topological polar surface area (TPSA) is 96.5 Å². The Balaban J connectivity index is 1.29. The van der Waals surface area contributed by atoms with Crippen molar-refractivity contribution in [3.63, 3.8) is 0 Å². The number of rotatable bonds is 8. The smallest absolute Gasteiger partial charge is 0.387 e. The average molecular weight is 448 g/mol. The molecule has 4 N–H and O–H groups in total. The minimum Gasteiger partial charge on any atom is -0.431 e. The summed E-state index contributed by atoms with van der Waals surface area (Å²) < 4.78 is 35.5. The molecule has 4 fully saturated rings. The summed E-state index contributed by atoms with van der Waals surface area (Å²) in [4.78, 5) is 6.59. The number of halogens is 2. The Bertz CT molecular complexity index is 873. The molecule has 3 saturated carbocycles. The third kappa shape index (κ3) is 4.45. The molecule has 2 heterocycles. The number of pyridine rings is 1. The van der Waals surface area contributed by atoms with Crippen LogP contribution >= 0.6 is 0 Å². The first-order valence-electron chi connectivity index (χ1n) is 11.6. The van der Waals surface area contributed by atoms with Crippen LogP contribution in [0.3, 0.4) is 0 Å². The predicted octanol–water partition coefficient (Wildman–Crippen LogP) is 3.12. The van der Waals surface area contributed by atoms with E-state index in [1.54, 1.807) is 6.20 Å². The van der Waals surface area contributed by atoms with Crippen LogP contribution in [0.1, 0.15) is 37.7 Å². The van der Waals surface area contributed by atoms with Gasteiger partial charge in [-0.05, 0) is 56.1 Å². The van der Waals surface area contributed by atoms with E-state index < -0.39 is 6.61 Å². The lowest BCUT2D eigenvalue weighted by Gasteiger charge is -2.33. The van der Waals surface area contributed by atoms with Gasteiger partial charge in [0.05, 0.1) is 13.2 Å². The largest absolute Gasteiger partial charge is 0.431 e. The number of nitrogens with two attached hydrogens (primary N) is 1. The molecule has 3 aliphatic carbocycles. The standard InChI is InChI=1S/C23H31F2N5O2/c24-23(25)32-20-8-13(12-28-22(20)27)19(29-14-2-1-3-14)11-18(26)21-16-9-15(10-17(16)21)30-4-6-31-7-5-30/h8,11-12,14-17,21,23,26,29H,1-7,9-10H2,(H2,27,28)/b19-11-,26-18?/t15-,16+,17-,21-. The summed E-state index contributed by atoms with van der Waals surface area (Å²) in [6, 6.07) is 2.43. The molecule has 5 rings (SSSR count). The van der Waals surface area contributed by atoms with E-state index in [1.165, 1.54) is 6.07 Å². The fourth-order valence-corrected chi connectivity index (χ4v) is 5.54. The van der Waals surface area contributed by atoms with Crippen LogP contribution in [-0.4, -0.2) is 60.6 Å². The molecule has 174 valence electrons. The van der Waals surface area contributed by atoms with Gasteiger partial charge in [0, 0.05) is 54.3 Å². The van der Waals surface area contributed by atoms with Crippen LogP contribution in [0.25, 0.3) is 5.70 Å². The van der Waals surface area contributed by atoms with Crippen LogP contribution in [-0.2, 0) is 4.74 Å². The summed E-state index contributed by atoms with van der Waals surface area (Å²) in [6.07, 6.45) is 9.00. The zero-order chi connectivity index (χ0) is 22.2. The second-order valence-corrected chi connectivity index (χ2v) is 9.40. The van der Waals surface area contributed by atoms with Gasteiger partial charge >= 0.3 is 6.61 Å². The lowest BCUT2D eigenvalue weighted by Crippen LogP contribution is -2.43. The highest BCUT2D eigenvalue weighted by molar-refractivity contribution is 6.02. The van der Waals surface area contributed by atoms with E-state index in [2.05, 4.69) is 19.9 Å². The molecule has 1 aliphatic heterocycles. The normalized spacial score (nSPS) is 30.7. The molecule has 0 spiro atoms. The van der Waals surface area contributed by atoms with E-state index in [0.29, 0.717) is 35.2 Å². The van der Waals surface area contributed by atoms with Crippen molar-refractivity contribution < 1.29 is 18.3 Å². The molecule has 0 unspecified atom stereocenters. The lowest BCUT2D eigenvalue weighted by molar-refractivity contribution is -0.0495. The maximum absolute atomic E-state index is 12.7. The number of anilines is 1. The number of nitrogens with one attached hydrogen (secondary N) is 2. The number of fused-ring (bicyclic) bond motifs is 1. The van der Waals surface area contributed by atoms with Gasteiger partial charge in [-0.2, -0.15) is 8.78 Å². The summed E-state index contributed by atoms with van der Waals surface area (Å²) in [7, 11) is 0. The van der Waals surface area contributed by atoms with Crippen molar-refractivity contribution in [2.75, 3.05) is 32.0 Å². The molecule has 0 radical (unpaired) electrons. The maximum Gasteiger partial charge on any atom is 0.387 e. The first-order chi connectivity index (χ1) is 15.5. The van der Waals surface area contributed by atoms with Crippen LogP contribution in [0.2, 0.25) is 0 Å². The Hall–Kier alpha value is -2.26. The van der Waals surface area contributed by atoms with Gasteiger partial charge in [-0.3, -0.25) is 4.90 Å². The predicted molar refractivity (Wildman–Crippen MR) is 118 cm³/mol. The number of aromatic nitrogens is 1. The number of alkyl halides is 2. The summed E-state index contributed by atoms with van der Waals surface area (Å²) in [6.45, 7) is 0.682. The average Bonchev–Trinajstić information content (AvgIpc) is 3.25. The molecule has 0 aromatic carbocycles. The number of nitrogen functional groups attached to an aromatic ring is 1. The number of nitrogens with zero attached hydrogens (tertiary/aromatic N) is 2. The van der Waals surface area contributed by atoms with Gasteiger partial charge in [0.25, 0.3) is 0 Å². The van der Waals surface area contributed by atoms with Crippen LogP contribution in [0.4, 0.5) is 14.6 Å². The van der Waals surface area contributed by atoms with Crippen molar-refractivity contribution in [2.45, 2.75) is 50.8 Å². The van der Waals surface area contributed by atoms with E-state index in [-0.39, 0.29) is 17.5 Å². The molecule has 4 aliphatic rings. The van der Waals surface area contributed by atoms with Crippen molar-refractivity contribution >= 4 is 17.2 Å². The molecule has 4 atom stereocenters. The number of hydrogen-bond donors (Lipinski definition) is 3. The van der Waals surface area contributed by atoms with Gasteiger partial charge in [-0.1, -0.05) is 0 Å². The van der Waals surface area contributed by atoms with Gasteiger partial charge in [-0.25, -0.2) is 4.98 Å². The van der Waals surface area contributed by atoms with Crippen molar-refractivity contribution in [2.24, 2.45) is 17.8 Å². The highest BCUT2D eigenvalue weighted by Gasteiger charge is 2.58. The Morgan fingerprint density at radius 1 is 1.28 bits per heavy atom. The Morgan fingerprint density at radius 3 is 2.62 bits per heavy atom. The van der Waals surface area contributed by atoms with E-state index in [1.807, 2.05) is 6.08 Å². The van der Waals surface area contributed by atoms with E-state index in [9.17, 15) is 8.78 Å². The van der Waals surface area contributed by atoms with Crippen LogP contribution in [0, 0.1) is 23.2 Å². The SMILES string of the molecule is N=C(/C=C(\NC1CCC1)c1cnc(N)c(OC(F)F)c1)[C@H]1[C@@H]2C[C@H](N3CCOCC3)C[C@@H]21. The van der Waals surface area contributed by atoms with Crippen molar-refractivity contribution in [1.29, 1.82) is 5.41 Å². The minimum absolute atomic E-state index is 0.0713. The van der Waals surface area contributed by atoms with E-state index >= 15 is 0 Å². The van der Waals surface area contributed by atoms with E-state index in [0.717, 1.165) is 64.1 Å². The first-order valence-corrected chi connectivity index (χ1v) is 11.6. The van der Waals surface area contributed by atoms with Crippen molar-refractivity contribution in [3.8, 4) is 5.75 Å². The molecule has 0 amide bonds. The fraction of sp³-hybridized carbons (Fsp3) is 0.652. The zero-order valence-electron chi connectivity index (χ0n) is 18.1. The van der Waals surface area contributed by atoms with Crippen LogP contribution in [0.5, 0.6) is 5.75 Å². The minimum atomic E-state index is -2.97. The molecular weight excluding hydrogens is 416 g/mol. The van der Waals surface area contributed by atoms with Gasteiger partial charge in [0.2, 0.25) is 0 Å². The third-order valence-corrected chi connectivity index (χ3v) is 7.51. The molecule has 0 bridgehead atoms. The van der Waals surface area contributed by atoms with Gasteiger partial charge in [0.1, 0.15) is 0 Å². The number of morpholine rings is 1. The summed E-state index contributed by atoms with van der Waals surface area (Å²) >= 11 is 0. The summed E-state index contributed by atoms with van der Waals surface area (Å²) in [5.74, 6) is 1.21. The summed E-state index contributed by atoms with van der Waals surface area (Å²) in [5, 5.41) is 12.3. The van der Waals surface area contributed by atoms with Gasteiger partial charge in [-0.15, -0.1) is 0 Å². The monoisotopic (exact) mass is 447 g/mol. The molecule has 32 heavy (non-hydrogen) atoms. The van der Waals surface area contributed by atoms with Gasteiger partial charge < -0.3 is 25.9 Å². The number of ether oxygens (including phenoxy) is 2. The van der Waals surface area contributed by atoms with Crippen LogP contribution < -0.4 is 15.8 Å². The van der Waals surface area contributed by atoms with Crippen molar-refractivity contribution in [3.05, 3.63) is 23.9 Å². The number of hydrogen-bond acceptors (Lipinski definition) is 7. The highest BCUT2D eigenvalue weighted by atomic mass is 19.3. The number of allylic oxidation sites excluding steroid dienone is 1. The molecule has 1 saturated heterocycles. The van der Waals surface area contributed by atoms with Gasteiger partial charge in [0.15, 0.2) is 11.6 Å². The fourth-order valence-electron chi connectivity index (χ4n) is 5.54. The van der Waals surface area contributed by atoms with E-state index in [4.69, 9.17) is 15.9 Å². The maximum atomic E-state index is 12.7. The second kappa shape index (κ2) is 8.94. The molecule has 7 nitrogen and oxygen atoms in total. The second-order valence-electron chi connectivity index (χ2n) is 9.40. The Kier molecular flexibility index (Phi) is 6.03. The molecular formula is C23H31F2N5O2. The Labute approximate surface area is 186 Å². The lowest BCUT2D eigenvalue weighted by atomic mass is 9.92. The molecule has 1 aromatic heterocycles. The Morgan fingerprint density at radius 2 is 2.00 bits per heavy atom. The highest BCUT2D eigenvalue weighted by Crippen LogP contribution is 2.59. The third-order valence-electron chi connectivity index (χ3n) is 7.51. The molecule has 1 aromatic rings. The zero-order valence-corrected chi connectivity index (χ0v) is 18.1. The van der Waals surface area contributed by atoms with Crippen molar-refractivity contribution in [1.82, 2.24) is 15.2 Å².